The summed E-state index contributed by atoms with van der Waals surface area (Å²) in [6, 6.07) is 6.81. The standard InChI is InChI=1S/C11H10ClN5O2/c1-6(18)17-10(19)9(13)15-11(16-17)14-8-4-2-3-7(12)5-8/h2-5H,1H3,(H3,13,14,15,16). The SMILES string of the molecule is CC(=O)n1nc(Nc2cccc(Cl)c2)nc(N)c1=O. The summed E-state index contributed by atoms with van der Waals surface area (Å²) in [6.07, 6.45) is 0. The van der Waals surface area contributed by atoms with E-state index in [2.05, 4.69) is 15.4 Å². The summed E-state index contributed by atoms with van der Waals surface area (Å²) in [5.74, 6) is -0.822. The van der Waals surface area contributed by atoms with Gasteiger partial charge < -0.3 is 11.1 Å². The zero-order valence-electron chi connectivity index (χ0n) is 9.92. The molecular weight excluding hydrogens is 270 g/mol. The Morgan fingerprint density at radius 2 is 2.21 bits per heavy atom. The Bertz CT molecular complexity index is 698. The van der Waals surface area contributed by atoms with Crippen LogP contribution in [0.4, 0.5) is 17.5 Å². The minimum Gasteiger partial charge on any atom is -0.379 e. The van der Waals surface area contributed by atoms with Crippen LogP contribution in [-0.4, -0.2) is 20.7 Å². The Kier molecular flexibility index (Phi) is 3.48. The molecule has 8 heteroatoms. The largest absolute Gasteiger partial charge is 0.379 e. The van der Waals surface area contributed by atoms with E-state index >= 15 is 0 Å². The molecule has 0 aliphatic carbocycles. The van der Waals surface area contributed by atoms with Crippen LogP contribution in [0.3, 0.4) is 0 Å². The van der Waals surface area contributed by atoms with Crippen LogP contribution in [0, 0.1) is 0 Å². The molecule has 1 heterocycles. The van der Waals surface area contributed by atoms with E-state index in [1.807, 2.05) is 0 Å². The average molecular weight is 280 g/mol. The summed E-state index contributed by atoms with van der Waals surface area (Å²) in [5.41, 5.74) is 5.31. The summed E-state index contributed by atoms with van der Waals surface area (Å²) < 4.78 is 0.648. The highest BCUT2D eigenvalue weighted by atomic mass is 35.5. The smallest absolute Gasteiger partial charge is 0.316 e. The van der Waals surface area contributed by atoms with Gasteiger partial charge in [0.1, 0.15) is 0 Å². The highest BCUT2D eigenvalue weighted by Crippen LogP contribution is 2.17. The van der Waals surface area contributed by atoms with E-state index in [0.29, 0.717) is 15.4 Å². The van der Waals surface area contributed by atoms with Crippen molar-refractivity contribution in [3.8, 4) is 0 Å². The average Bonchev–Trinajstić information content (AvgIpc) is 2.33. The first-order chi connectivity index (χ1) is 8.97. The maximum atomic E-state index is 11.5. The van der Waals surface area contributed by atoms with Crippen LogP contribution in [0.5, 0.6) is 0 Å². The Labute approximate surface area is 113 Å². The van der Waals surface area contributed by atoms with Crippen molar-refractivity contribution in [2.75, 3.05) is 11.1 Å². The number of rotatable bonds is 2. The molecule has 0 atom stereocenters. The number of anilines is 3. The fraction of sp³-hybridized carbons (Fsp3) is 0.0909. The number of aromatic nitrogens is 3. The monoisotopic (exact) mass is 279 g/mol. The van der Waals surface area contributed by atoms with Gasteiger partial charge >= 0.3 is 5.56 Å². The molecule has 0 saturated carbocycles. The van der Waals surface area contributed by atoms with Crippen LogP contribution in [0.1, 0.15) is 11.7 Å². The molecule has 2 aromatic rings. The van der Waals surface area contributed by atoms with Crippen molar-refractivity contribution in [1.82, 2.24) is 14.8 Å². The van der Waals surface area contributed by atoms with Gasteiger partial charge in [0.15, 0.2) is 5.82 Å². The molecule has 0 saturated heterocycles. The summed E-state index contributed by atoms with van der Waals surface area (Å²) in [4.78, 5) is 26.5. The second kappa shape index (κ2) is 5.07. The third kappa shape index (κ3) is 2.89. The summed E-state index contributed by atoms with van der Waals surface area (Å²) >= 11 is 5.83. The molecule has 0 fully saturated rings. The molecule has 19 heavy (non-hydrogen) atoms. The number of hydrogen-bond acceptors (Lipinski definition) is 6. The van der Waals surface area contributed by atoms with Gasteiger partial charge in [-0.1, -0.05) is 17.7 Å². The topological polar surface area (TPSA) is 103 Å². The fourth-order valence-electron chi connectivity index (χ4n) is 1.39. The third-order valence-electron chi connectivity index (χ3n) is 2.21. The Balaban J connectivity index is 2.41. The van der Waals surface area contributed by atoms with Gasteiger partial charge in [0.25, 0.3) is 0 Å². The van der Waals surface area contributed by atoms with Gasteiger partial charge in [0.2, 0.25) is 11.9 Å². The number of benzene rings is 1. The molecule has 0 amide bonds. The Hall–Kier alpha value is -2.41. The Morgan fingerprint density at radius 1 is 1.47 bits per heavy atom. The lowest BCUT2D eigenvalue weighted by Gasteiger charge is -2.07. The van der Waals surface area contributed by atoms with E-state index in [1.54, 1.807) is 24.3 Å². The number of nitrogen functional groups attached to an aromatic ring is 1. The second-order valence-electron chi connectivity index (χ2n) is 3.69. The molecule has 0 spiro atoms. The molecule has 0 bridgehead atoms. The number of nitrogens with one attached hydrogen (secondary N) is 1. The van der Waals surface area contributed by atoms with E-state index in [4.69, 9.17) is 17.3 Å². The summed E-state index contributed by atoms with van der Waals surface area (Å²) in [7, 11) is 0. The quantitative estimate of drug-likeness (QED) is 0.858. The maximum absolute atomic E-state index is 11.5. The van der Waals surface area contributed by atoms with E-state index < -0.39 is 11.5 Å². The molecule has 0 radical (unpaired) electrons. The molecule has 98 valence electrons. The molecule has 1 aromatic carbocycles. The highest BCUT2D eigenvalue weighted by molar-refractivity contribution is 6.30. The van der Waals surface area contributed by atoms with Crippen molar-refractivity contribution in [2.24, 2.45) is 0 Å². The number of nitrogens with two attached hydrogens (primary N) is 1. The molecule has 7 nitrogen and oxygen atoms in total. The molecule has 0 aliphatic heterocycles. The van der Waals surface area contributed by atoms with Gasteiger partial charge in [0, 0.05) is 17.6 Å². The maximum Gasteiger partial charge on any atom is 0.316 e. The van der Waals surface area contributed by atoms with Crippen LogP contribution in [0.2, 0.25) is 5.02 Å². The van der Waals surface area contributed by atoms with Gasteiger partial charge in [-0.25, -0.2) is 0 Å². The minimum absolute atomic E-state index is 0.0366. The number of nitrogens with zero attached hydrogens (tertiary/aromatic N) is 3. The molecule has 1 aromatic heterocycles. The van der Waals surface area contributed by atoms with Gasteiger partial charge in [-0.3, -0.25) is 9.59 Å². The van der Waals surface area contributed by atoms with Crippen molar-refractivity contribution in [2.45, 2.75) is 6.92 Å². The highest BCUT2D eigenvalue weighted by Gasteiger charge is 2.10. The van der Waals surface area contributed by atoms with Crippen molar-refractivity contribution in [3.63, 3.8) is 0 Å². The number of carbonyl (C=O) groups is 1. The van der Waals surface area contributed by atoms with Crippen molar-refractivity contribution in [3.05, 3.63) is 39.6 Å². The first-order valence-corrected chi connectivity index (χ1v) is 5.65. The lowest BCUT2D eigenvalue weighted by Crippen LogP contribution is -2.31. The molecule has 3 N–H and O–H groups in total. The number of carbonyl (C=O) groups excluding carboxylic acids is 1. The molecule has 2 rings (SSSR count). The normalized spacial score (nSPS) is 10.2. The van der Waals surface area contributed by atoms with E-state index in [-0.39, 0.29) is 11.8 Å². The van der Waals surface area contributed by atoms with Crippen LogP contribution in [-0.2, 0) is 0 Å². The minimum atomic E-state index is -0.746. The van der Waals surface area contributed by atoms with Crippen LogP contribution in [0.25, 0.3) is 0 Å². The molecule has 0 unspecified atom stereocenters. The van der Waals surface area contributed by atoms with Crippen LogP contribution in [0.15, 0.2) is 29.1 Å². The zero-order valence-corrected chi connectivity index (χ0v) is 10.7. The van der Waals surface area contributed by atoms with Gasteiger partial charge in [-0.2, -0.15) is 9.67 Å². The van der Waals surface area contributed by atoms with Crippen molar-refractivity contribution in [1.29, 1.82) is 0 Å². The van der Waals surface area contributed by atoms with Crippen molar-refractivity contribution >= 4 is 35.0 Å². The van der Waals surface area contributed by atoms with Gasteiger partial charge in [0.05, 0.1) is 0 Å². The first kappa shape index (κ1) is 13.0. The fourth-order valence-corrected chi connectivity index (χ4v) is 1.58. The van der Waals surface area contributed by atoms with Crippen LogP contribution < -0.4 is 16.6 Å². The summed E-state index contributed by atoms with van der Waals surface area (Å²) in [6.45, 7) is 1.21. The second-order valence-corrected chi connectivity index (χ2v) is 4.13. The third-order valence-corrected chi connectivity index (χ3v) is 2.45. The Morgan fingerprint density at radius 3 is 2.84 bits per heavy atom. The van der Waals surface area contributed by atoms with E-state index in [9.17, 15) is 9.59 Å². The van der Waals surface area contributed by atoms with Crippen LogP contribution >= 0.6 is 11.6 Å². The number of hydrogen-bond donors (Lipinski definition) is 2. The number of halogens is 1. The zero-order chi connectivity index (χ0) is 14.0. The van der Waals surface area contributed by atoms with E-state index in [1.165, 1.54) is 6.92 Å². The predicted molar refractivity (Wildman–Crippen MR) is 71.7 cm³/mol. The lowest BCUT2D eigenvalue weighted by atomic mass is 10.3. The molecule has 0 aliphatic rings. The van der Waals surface area contributed by atoms with Crippen molar-refractivity contribution < 1.29 is 4.79 Å². The lowest BCUT2D eigenvalue weighted by molar-refractivity contribution is 0.0915. The first-order valence-electron chi connectivity index (χ1n) is 5.28. The molecular formula is C11H10ClN5O2. The predicted octanol–water partition coefficient (Wildman–Crippen LogP) is 1.28. The summed E-state index contributed by atoms with van der Waals surface area (Å²) in [5, 5.41) is 7.10. The van der Waals surface area contributed by atoms with E-state index in [0.717, 1.165) is 0 Å². The van der Waals surface area contributed by atoms with Gasteiger partial charge in [-0.15, -0.1) is 5.10 Å². The van der Waals surface area contributed by atoms with Gasteiger partial charge in [-0.05, 0) is 18.2 Å².